The highest BCUT2D eigenvalue weighted by molar-refractivity contribution is 5.84. The quantitative estimate of drug-likeness (QED) is 0.681. The molecular formula is C21H31NO5. The smallest absolute Gasteiger partial charge is 0.350 e. The highest BCUT2D eigenvalue weighted by atomic mass is 16.7. The highest BCUT2D eigenvalue weighted by Gasteiger charge is 2.46. The molecule has 1 aromatic rings. The molecule has 0 bridgehead atoms. The molecule has 0 saturated carbocycles. The number of esters is 2. The largest absolute Gasteiger partial charge is 0.463 e. The van der Waals surface area contributed by atoms with E-state index in [4.69, 9.17) is 14.3 Å². The van der Waals surface area contributed by atoms with E-state index < -0.39 is 17.5 Å². The summed E-state index contributed by atoms with van der Waals surface area (Å²) in [5.41, 5.74) is 3.00. The van der Waals surface area contributed by atoms with Gasteiger partial charge in [0.25, 0.3) is 0 Å². The van der Waals surface area contributed by atoms with Gasteiger partial charge in [-0.05, 0) is 51.3 Å². The molecule has 1 aliphatic heterocycles. The van der Waals surface area contributed by atoms with Crippen LogP contribution in [0.25, 0.3) is 0 Å². The molecule has 27 heavy (non-hydrogen) atoms. The lowest BCUT2D eigenvalue weighted by Crippen LogP contribution is -2.53. The number of piperidine rings is 1. The van der Waals surface area contributed by atoms with Crippen LogP contribution in [0, 0.1) is 20.8 Å². The van der Waals surface area contributed by atoms with Crippen LogP contribution in [0.2, 0.25) is 0 Å². The van der Waals surface area contributed by atoms with Gasteiger partial charge in [0.2, 0.25) is 5.60 Å². The van der Waals surface area contributed by atoms with Crippen LogP contribution < -0.4 is 0 Å². The standard InChI is InChI=1S/C21H31NO5/c1-6-25-20(24)21(8-10-22(11-9-21)26-7-2)27-19(23)14-18-16(4)12-15(3)13-17(18)5/h12-13H,6-11,14H2,1-5H3. The van der Waals surface area contributed by atoms with E-state index >= 15 is 0 Å². The van der Waals surface area contributed by atoms with E-state index in [-0.39, 0.29) is 13.0 Å². The van der Waals surface area contributed by atoms with Crippen LogP contribution in [-0.4, -0.2) is 48.9 Å². The zero-order valence-electron chi connectivity index (χ0n) is 17.1. The molecule has 150 valence electrons. The first-order valence-corrected chi connectivity index (χ1v) is 9.65. The van der Waals surface area contributed by atoms with Crippen molar-refractivity contribution in [3.05, 3.63) is 34.4 Å². The summed E-state index contributed by atoms with van der Waals surface area (Å²) in [5.74, 6) is -0.866. The van der Waals surface area contributed by atoms with Crippen LogP contribution in [-0.2, 0) is 30.3 Å². The summed E-state index contributed by atoms with van der Waals surface area (Å²) in [5, 5.41) is 1.81. The normalized spacial score (nSPS) is 16.8. The maximum absolute atomic E-state index is 12.7. The van der Waals surface area contributed by atoms with Crippen molar-refractivity contribution in [2.24, 2.45) is 0 Å². The fourth-order valence-electron chi connectivity index (χ4n) is 3.66. The van der Waals surface area contributed by atoms with Crippen molar-refractivity contribution in [1.82, 2.24) is 5.06 Å². The summed E-state index contributed by atoms with van der Waals surface area (Å²) >= 11 is 0. The molecule has 1 aliphatic rings. The number of benzene rings is 1. The Labute approximate surface area is 161 Å². The predicted molar refractivity (Wildman–Crippen MR) is 102 cm³/mol. The number of ether oxygens (including phenoxy) is 2. The second-order valence-corrected chi connectivity index (χ2v) is 7.09. The third-order valence-corrected chi connectivity index (χ3v) is 4.96. The Balaban J connectivity index is 2.14. The van der Waals surface area contributed by atoms with E-state index in [1.165, 1.54) is 0 Å². The number of rotatable bonds is 7. The van der Waals surface area contributed by atoms with Crippen LogP contribution in [0.5, 0.6) is 0 Å². The Morgan fingerprint density at radius 1 is 1.04 bits per heavy atom. The summed E-state index contributed by atoms with van der Waals surface area (Å²) in [7, 11) is 0. The van der Waals surface area contributed by atoms with Crippen molar-refractivity contribution < 1.29 is 23.9 Å². The van der Waals surface area contributed by atoms with Gasteiger partial charge in [-0.15, -0.1) is 0 Å². The van der Waals surface area contributed by atoms with Crippen LogP contribution in [0.3, 0.4) is 0 Å². The van der Waals surface area contributed by atoms with Gasteiger partial charge in [-0.3, -0.25) is 9.63 Å². The molecular weight excluding hydrogens is 346 g/mol. The maximum atomic E-state index is 12.7. The van der Waals surface area contributed by atoms with E-state index in [9.17, 15) is 9.59 Å². The molecule has 0 unspecified atom stereocenters. The topological polar surface area (TPSA) is 65.1 Å². The fraction of sp³-hybridized carbons (Fsp3) is 0.619. The molecule has 1 aromatic carbocycles. The summed E-state index contributed by atoms with van der Waals surface area (Å²) in [6.45, 7) is 11.5. The molecule has 0 spiro atoms. The zero-order valence-corrected chi connectivity index (χ0v) is 17.1. The second-order valence-electron chi connectivity index (χ2n) is 7.09. The summed E-state index contributed by atoms with van der Waals surface area (Å²) in [6.07, 6.45) is 0.876. The van der Waals surface area contributed by atoms with Gasteiger partial charge >= 0.3 is 11.9 Å². The van der Waals surface area contributed by atoms with Crippen LogP contribution in [0.15, 0.2) is 12.1 Å². The Morgan fingerprint density at radius 2 is 1.63 bits per heavy atom. The zero-order chi connectivity index (χ0) is 20.0. The Bertz CT molecular complexity index is 654. The molecule has 0 atom stereocenters. The monoisotopic (exact) mass is 377 g/mol. The number of hydrogen-bond acceptors (Lipinski definition) is 6. The first-order valence-electron chi connectivity index (χ1n) is 9.65. The van der Waals surface area contributed by atoms with E-state index in [2.05, 4.69) is 12.1 Å². The lowest BCUT2D eigenvalue weighted by molar-refractivity contribution is -0.213. The number of nitrogens with zero attached hydrogens (tertiary/aromatic N) is 1. The number of hydrogen-bond donors (Lipinski definition) is 0. The molecule has 6 nitrogen and oxygen atoms in total. The van der Waals surface area contributed by atoms with Crippen molar-refractivity contribution in [2.75, 3.05) is 26.3 Å². The third kappa shape index (κ3) is 5.30. The Kier molecular flexibility index (Phi) is 7.39. The van der Waals surface area contributed by atoms with Gasteiger partial charge in [-0.2, -0.15) is 5.06 Å². The third-order valence-electron chi connectivity index (χ3n) is 4.96. The van der Waals surface area contributed by atoms with Gasteiger partial charge in [-0.25, -0.2) is 4.79 Å². The SMILES string of the molecule is CCOC(=O)C1(OC(=O)Cc2c(C)cc(C)cc2C)CCN(OCC)CC1. The first kappa shape index (κ1) is 21.4. The molecule has 2 rings (SSSR count). The van der Waals surface area contributed by atoms with Crippen LogP contribution >= 0.6 is 0 Å². The highest BCUT2D eigenvalue weighted by Crippen LogP contribution is 2.29. The molecule has 1 saturated heterocycles. The number of hydroxylamine groups is 2. The van der Waals surface area contributed by atoms with E-state index in [1.807, 2.05) is 27.7 Å². The molecule has 0 N–H and O–H groups in total. The summed E-state index contributed by atoms with van der Waals surface area (Å²) in [6, 6.07) is 4.11. The van der Waals surface area contributed by atoms with Gasteiger partial charge in [-0.1, -0.05) is 17.7 Å². The molecule has 0 aromatic heterocycles. The minimum atomic E-state index is -1.23. The lowest BCUT2D eigenvalue weighted by Gasteiger charge is -2.38. The van der Waals surface area contributed by atoms with Gasteiger partial charge < -0.3 is 9.47 Å². The molecule has 6 heteroatoms. The minimum absolute atomic E-state index is 0.147. The lowest BCUT2D eigenvalue weighted by atomic mass is 9.91. The van der Waals surface area contributed by atoms with E-state index in [1.54, 1.807) is 12.0 Å². The van der Waals surface area contributed by atoms with Gasteiger partial charge in [0, 0.05) is 25.9 Å². The average molecular weight is 377 g/mol. The van der Waals surface area contributed by atoms with E-state index in [0.717, 1.165) is 22.3 Å². The number of carbonyl (C=O) groups is 2. The Hall–Kier alpha value is -1.92. The molecule has 1 heterocycles. The van der Waals surface area contributed by atoms with E-state index in [0.29, 0.717) is 32.5 Å². The van der Waals surface area contributed by atoms with Crippen LogP contribution in [0.1, 0.15) is 48.9 Å². The molecule has 0 radical (unpaired) electrons. The Morgan fingerprint density at radius 3 is 2.15 bits per heavy atom. The minimum Gasteiger partial charge on any atom is -0.463 e. The first-order chi connectivity index (χ1) is 12.8. The van der Waals surface area contributed by atoms with Crippen LogP contribution in [0.4, 0.5) is 0 Å². The van der Waals surface area contributed by atoms with Crippen molar-refractivity contribution in [3.8, 4) is 0 Å². The van der Waals surface area contributed by atoms with Crippen molar-refractivity contribution in [1.29, 1.82) is 0 Å². The van der Waals surface area contributed by atoms with Gasteiger partial charge in [0.1, 0.15) is 0 Å². The molecule has 0 aliphatic carbocycles. The van der Waals surface area contributed by atoms with Gasteiger partial charge in [0.05, 0.1) is 19.6 Å². The van der Waals surface area contributed by atoms with Crippen molar-refractivity contribution in [3.63, 3.8) is 0 Å². The summed E-state index contributed by atoms with van der Waals surface area (Å²) < 4.78 is 11.0. The van der Waals surface area contributed by atoms with Gasteiger partial charge in [0.15, 0.2) is 0 Å². The van der Waals surface area contributed by atoms with Crippen molar-refractivity contribution in [2.45, 2.75) is 59.5 Å². The predicted octanol–water partition coefficient (Wildman–Crippen LogP) is 3.05. The second kappa shape index (κ2) is 9.33. The molecule has 1 fully saturated rings. The maximum Gasteiger partial charge on any atom is 0.350 e. The van der Waals surface area contributed by atoms with Crippen molar-refractivity contribution >= 4 is 11.9 Å². The number of aryl methyl sites for hydroxylation is 3. The fourth-order valence-corrected chi connectivity index (χ4v) is 3.66. The average Bonchev–Trinajstić information content (AvgIpc) is 2.60. The molecule has 0 amide bonds. The number of carbonyl (C=O) groups excluding carboxylic acids is 2. The summed E-state index contributed by atoms with van der Waals surface area (Å²) in [4.78, 5) is 30.8.